The molecule has 0 aliphatic heterocycles. The number of anilines is 1. The van der Waals surface area contributed by atoms with Gasteiger partial charge in [-0.3, -0.25) is 14.8 Å². The van der Waals surface area contributed by atoms with Gasteiger partial charge in [-0.25, -0.2) is 8.42 Å². The molecule has 2 aromatic carbocycles. The molecule has 3 rings (SSSR count). The van der Waals surface area contributed by atoms with Gasteiger partial charge in [0.05, 0.1) is 15.5 Å². The largest absolute Gasteiger partial charge is 0.278 e. The van der Waals surface area contributed by atoms with E-state index < -0.39 is 14.9 Å². The van der Waals surface area contributed by atoms with Gasteiger partial charge in [-0.2, -0.15) is 0 Å². The SMILES string of the molecule is CCCc1ccc(S(=O)(=O)Nc2cscc2-c2cc([N+](=O)[O-])ccc2Cl)cc1. The van der Waals surface area contributed by atoms with E-state index >= 15 is 0 Å². The first-order valence-corrected chi connectivity index (χ1v) is 11.2. The van der Waals surface area contributed by atoms with Crippen molar-refractivity contribution in [1.82, 2.24) is 0 Å². The molecule has 0 unspecified atom stereocenters. The minimum absolute atomic E-state index is 0.120. The third kappa shape index (κ3) is 4.35. The average Bonchev–Trinajstić information content (AvgIpc) is 3.10. The summed E-state index contributed by atoms with van der Waals surface area (Å²) in [7, 11) is -3.81. The Balaban J connectivity index is 1.94. The molecule has 0 spiro atoms. The highest BCUT2D eigenvalue weighted by atomic mass is 35.5. The quantitative estimate of drug-likeness (QED) is 0.378. The number of hydrogen-bond donors (Lipinski definition) is 1. The summed E-state index contributed by atoms with van der Waals surface area (Å²) in [6, 6.07) is 10.8. The van der Waals surface area contributed by atoms with Crippen molar-refractivity contribution in [2.24, 2.45) is 0 Å². The lowest BCUT2D eigenvalue weighted by atomic mass is 10.1. The number of aryl methyl sites for hydroxylation is 1. The Morgan fingerprint density at radius 3 is 2.46 bits per heavy atom. The maximum atomic E-state index is 12.8. The van der Waals surface area contributed by atoms with E-state index in [9.17, 15) is 18.5 Å². The van der Waals surface area contributed by atoms with Gasteiger partial charge in [0.1, 0.15) is 0 Å². The minimum Gasteiger partial charge on any atom is -0.278 e. The molecule has 9 heteroatoms. The highest BCUT2D eigenvalue weighted by Gasteiger charge is 2.20. The number of nitrogens with zero attached hydrogens (tertiary/aromatic N) is 1. The number of rotatable bonds is 7. The molecule has 6 nitrogen and oxygen atoms in total. The molecule has 0 saturated heterocycles. The van der Waals surface area contributed by atoms with Crippen LogP contribution in [0.15, 0.2) is 58.1 Å². The molecule has 0 radical (unpaired) electrons. The predicted octanol–water partition coefficient (Wildman–Crippen LogP) is 5.73. The van der Waals surface area contributed by atoms with E-state index in [1.54, 1.807) is 35.0 Å². The van der Waals surface area contributed by atoms with Crippen molar-refractivity contribution in [1.29, 1.82) is 0 Å². The summed E-state index contributed by atoms with van der Waals surface area (Å²) in [5.41, 5.74) is 2.16. The van der Waals surface area contributed by atoms with Crippen LogP contribution in [-0.4, -0.2) is 13.3 Å². The van der Waals surface area contributed by atoms with Gasteiger partial charge in [-0.1, -0.05) is 37.1 Å². The zero-order chi connectivity index (χ0) is 20.3. The summed E-state index contributed by atoms with van der Waals surface area (Å²) in [5.74, 6) is 0. The monoisotopic (exact) mass is 436 g/mol. The van der Waals surface area contributed by atoms with Gasteiger partial charge in [0, 0.05) is 39.0 Å². The van der Waals surface area contributed by atoms with E-state index in [1.807, 2.05) is 0 Å². The fraction of sp³-hybridized carbons (Fsp3) is 0.158. The van der Waals surface area contributed by atoms with Gasteiger partial charge in [0.15, 0.2) is 0 Å². The van der Waals surface area contributed by atoms with E-state index in [0.717, 1.165) is 18.4 Å². The Hall–Kier alpha value is -2.42. The molecule has 1 heterocycles. The molecular formula is C19H17ClN2O4S2. The molecule has 1 N–H and O–H groups in total. The van der Waals surface area contributed by atoms with Crippen molar-refractivity contribution in [3.05, 3.63) is 73.9 Å². The van der Waals surface area contributed by atoms with Crippen molar-refractivity contribution < 1.29 is 13.3 Å². The molecule has 0 bridgehead atoms. The van der Waals surface area contributed by atoms with Crippen LogP contribution in [0.3, 0.4) is 0 Å². The molecule has 0 atom stereocenters. The van der Waals surface area contributed by atoms with Crippen molar-refractivity contribution in [3.8, 4) is 11.1 Å². The lowest BCUT2D eigenvalue weighted by molar-refractivity contribution is -0.384. The van der Waals surface area contributed by atoms with Crippen molar-refractivity contribution in [2.45, 2.75) is 24.7 Å². The second-order valence-electron chi connectivity index (χ2n) is 6.12. The Kier molecular flexibility index (Phi) is 6.02. The van der Waals surface area contributed by atoms with Crippen LogP contribution in [0.2, 0.25) is 5.02 Å². The number of thiophene rings is 1. The highest BCUT2D eigenvalue weighted by molar-refractivity contribution is 7.92. The van der Waals surface area contributed by atoms with E-state index in [2.05, 4.69) is 11.6 Å². The summed E-state index contributed by atoms with van der Waals surface area (Å²) < 4.78 is 28.1. The third-order valence-corrected chi connectivity index (χ3v) is 6.58. The van der Waals surface area contributed by atoms with Crippen LogP contribution >= 0.6 is 22.9 Å². The number of non-ortho nitro benzene ring substituents is 1. The summed E-state index contributed by atoms with van der Waals surface area (Å²) in [5, 5.41) is 14.7. The Morgan fingerprint density at radius 2 is 1.82 bits per heavy atom. The molecule has 1 aromatic heterocycles. The van der Waals surface area contributed by atoms with Crippen molar-refractivity contribution in [2.75, 3.05) is 4.72 Å². The first kappa shape index (κ1) is 20.3. The number of sulfonamides is 1. The molecule has 0 fully saturated rings. The van der Waals surface area contributed by atoms with Crippen molar-refractivity contribution >= 4 is 44.3 Å². The first-order chi connectivity index (χ1) is 13.3. The Morgan fingerprint density at radius 1 is 1.11 bits per heavy atom. The van der Waals surface area contributed by atoms with Crippen LogP contribution in [0.4, 0.5) is 11.4 Å². The first-order valence-electron chi connectivity index (χ1n) is 8.44. The van der Waals surface area contributed by atoms with E-state index in [1.165, 1.54) is 29.5 Å². The summed E-state index contributed by atoms with van der Waals surface area (Å²) in [6.45, 7) is 2.06. The number of benzene rings is 2. The topological polar surface area (TPSA) is 89.3 Å². The number of nitrogens with one attached hydrogen (secondary N) is 1. The maximum Gasteiger partial charge on any atom is 0.270 e. The van der Waals surface area contributed by atoms with Gasteiger partial charge < -0.3 is 0 Å². The predicted molar refractivity (Wildman–Crippen MR) is 113 cm³/mol. The number of hydrogen-bond acceptors (Lipinski definition) is 5. The lowest BCUT2D eigenvalue weighted by Gasteiger charge is -2.11. The molecule has 28 heavy (non-hydrogen) atoms. The fourth-order valence-electron chi connectivity index (χ4n) is 2.75. The normalized spacial score (nSPS) is 11.4. The summed E-state index contributed by atoms with van der Waals surface area (Å²) >= 11 is 7.48. The van der Waals surface area contributed by atoms with E-state index in [0.29, 0.717) is 21.8 Å². The zero-order valence-electron chi connectivity index (χ0n) is 14.9. The van der Waals surface area contributed by atoms with Gasteiger partial charge >= 0.3 is 0 Å². The average molecular weight is 437 g/mol. The number of halogens is 1. The Bertz CT molecular complexity index is 1110. The second-order valence-corrected chi connectivity index (χ2v) is 8.95. The van der Waals surface area contributed by atoms with E-state index in [-0.39, 0.29) is 10.6 Å². The molecule has 146 valence electrons. The zero-order valence-corrected chi connectivity index (χ0v) is 17.3. The number of nitro benzene ring substituents is 1. The summed E-state index contributed by atoms with van der Waals surface area (Å²) in [6.07, 6.45) is 1.86. The van der Waals surface area contributed by atoms with Crippen LogP contribution < -0.4 is 4.72 Å². The molecular weight excluding hydrogens is 420 g/mol. The van der Waals surface area contributed by atoms with Gasteiger partial charge in [0.2, 0.25) is 0 Å². The standard InChI is InChI=1S/C19H17ClN2O4S2/c1-2-3-13-4-7-15(8-5-13)28(25,26)21-19-12-27-11-17(19)16-10-14(22(23)24)6-9-18(16)20/h4-12,21H,2-3H2,1H3. The highest BCUT2D eigenvalue weighted by Crippen LogP contribution is 2.38. The van der Waals surface area contributed by atoms with Gasteiger partial charge in [-0.15, -0.1) is 11.3 Å². The lowest BCUT2D eigenvalue weighted by Crippen LogP contribution is -2.13. The van der Waals surface area contributed by atoms with Crippen LogP contribution in [0.1, 0.15) is 18.9 Å². The molecule has 0 aliphatic rings. The van der Waals surface area contributed by atoms with Crippen molar-refractivity contribution in [3.63, 3.8) is 0 Å². The van der Waals surface area contributed by atoms with E-state index in [4.69, 9.17) is 11.6 Å². The van der Waals surface area contributed by atoms with Crippen LogP contribution in [0.5, 0.6) is 0 Å². The fourth-order valence-corrected chi connectivity index (χ4v) is 4.89. The molecule has 0 amide bonds. The Labute approximate surface area is 172 Å². The van der Waals surface area contributed by atoms with Crippen LogP contribution in [0, 0.1) is 10.1 Å². The second kappa shape index (κ2) is 8.30. The smallest absolute Gasteiger partial charge is 0.270 e. The molecule has 0 aliphatic carbocycles. The van der Waals surface area contributed by atoms with Gasteiger partial charge in [-0.05, 0) is 30.2 Å². The maximum absolute atomic E-state index is 12.8. The number of nitro groups is 1. The van der Waals surface area contributed by atoms with Gasteiger partial charge in [0.25, 0.3) is 15.7 Å². The third-order valence-electron chi connectivity index (χ3n) is 4.13. The van der Waals surface area contributed by atoms with Crippen LogP contribution in [0.25, 0.3) is 11.1 Å². The molecule has 3 aromatic rings. The van der Waals surface area contributed by atoms with Crippen LogP contribution in [-0.2, 0) is 16.4 Å². The minimum atomic E-state index is -3.81. The summed E-state index contributed by atoms with van der Waals surface area (Å²) in [4.78, 5) is 10.7. The molecule has 0 saturated carbocycles.